The monoisotopic (exact) mass is 864 g/mol. The van der Waals surface area contributed by atoms with Crippen molar-refractivity contribution in [3.63, 3.8) is 0 Å². The van der Waals surface area contributed by atoms with Gasteiger partial charge in [0.1, 0.15) is 30.5 Å². The predicted octanol–water partition coefficient (Wildman–Crippen LogP) is 12.2. The lowest BCUT2D eigenvalue weighted by molar-refractivity contribution is -0.138. The summed E-state index contributed by atoms with van der Waals surface area (Å²) in [7, 11) is 0. The molecule has 2 unspecified atom stereocenters. The van der Waals surface area contributed by atoms with Crippen LogP contribution in [0.25, 0.3) is 0 Å². The maximum atomic E-state index is 12.9. The standard InChI is InChI=1S/2C24H27F3N2O2/c2*1-15(2)14-30-22-10-16(3)4-8-21(22)31-20-11-18-6-7-19(12-20)29(18)23-9-5-17(13-28-23)24(25,26)27/h4-5,8-10,13-14,18-20H,6-7,11-12H2,1-3H3;4-5,8-10,13,18-20H,1,6-7,11-12,14H2,2-3H3/t2*18-,19+,20?. The van der Waals surface area contributed by atoms with Crippen LogP contribution in [0.5, 0.6) is 23.0 Å². The number of ether oxygens (including phenoxy) is 4. The van der Waals surface area contributed by atoms with E-state index in [1.54, 1.807) is 6.26 Å². The Bertz CT molecular complexity index is 2180. The van der Waals surface area contributed by atoms with Crippen LogP contribution in [0.3, 0.4) is 0 Å². The largest absolute Gasteiger partial charge is 0.486 e. The number of pyridine rings is 2. The van der Waals surface area contributed by atoms with Gasteiger partial charge in [-0.1, -0.05) is 18.7 Å². The zero-order chi connectivity index (χ0) is 44.3. The highest BCUT2D eigenvalue weighted by atomic mass is 19.4. The van der Waals surface area contributed by atoms with Gasteiger partial charge in [-0.05, 0) is 131 Å². The molecule has 6 atom stereocenters. The molecule has 4 fully saturated rings. The summed E-state index contributed by atoms with van der Waals surface area (Å²) < 4.78 is 102. The molecule has 0 aliphatic carbocycles. The fourth-order valence-corrected chi connectivity index (χ4v) is 8.98. The van der Waals surface area contributed by atoms with Gasteiger partial charge >= 0.3 is 12.4 Å². The van der Waals surface area contributed by atoms with E-state index in [1.165, 1.54) is 12.1 Å². The fraction of sp³-hybridized carbons (Fsp3) is 0.458. The molecule has 4 aromatic rings. The van der Waals surface area contributed by atoms with Crippen LogP contribution in [0.15, 0.2) is 97.0 Å². The Hall–Kier alpha value is -5.40. The minimum atomic E-state index is -4.37. The van der Waals surface area contributed by atoms with E-state index in [2.05, 4.69) is 26.3 Å². The average molecular weight is 865 g/mol. The van der Waals surface area contributed by atoms with Gasteiger partial charge in [0.15, 0.2) is 23.0 Å². The number of allylic oxidation sites excluding steroid dienone is 1. The first-order valence-electron chi connectivity index (χ1n) is 21.2. The molecule has 0 amide bonds. The molecule has 4 aliphatic rings. The number of aryl methyl sites for hydroxylation is 2. The molecule has 0 N–H and O–H groups in total. The first-order chi connectivity index (χ1) is 29.4. The van der Waals surface area contributed by atoms with Crippen LogP contribution in [0.1, 0.15) is 94.4 Å². The van der Waals surface area contributed by atoms with Crippen molar-refractivity contribution in [2.75, 3.05) is 16.4 Å². The molecular weight excluding hydrogens is 811 g/mol. The van der Waals surface area contributed by atoms with Gasteiger partial charge < -0.3 is 28.7 Å². The Morgan fingerprint density at radius 1 is 0.629 bits per heavy atom. The maximum Gasteiger partial charge on any atom is 0.417 e. The first-order valence-corrected chi connectivity index (χ1v) is 21.2. The van der Waals surface area contributed by atoms with Gasteiger partial charge in [0.05, 0.1) is 17.4 Å². The number of halogens is 6. The summed E-state index contributed by atoms with van der Waals surface area (Å²) >= 11 is 0. The minimum absolute atomic E-state index is 0.0260. The number of fused-ring (bicyclic) bond motifs is 4. The molecule has 2 aromatic heterocycles. The molecular formula is C48H54F6N4O4. The van der Waals surface area contributed by atoms with Crippen LogP contribution in [0.2, 0.25) is 0 Å². The quantitative estimate of drug-likeness (QED) is 0.0839. The first kappa shape index (κ1) is 44.6. The minimum Gasteiger partial charge on any atom is -0.486 e. The van der Waals surface area contributed by atoms with Crippen LogP contribution in [0, 0.1) is 13.8 Å². The average Bonchev–Trinajstić information content (AvgIpc) is 3.64. The number of alkyl halides is 6. The van der Waals surface area contributed by atoms with E-state index in [1.807, 2.05) is 71.0 Å². The third-order valence-corrected chi connectivity index (χ3v) is 11.7. The number of hydrogen-bond donors (Lipinski definition) is 0. The van der Waals surface area contributed by atoms with Gasteiger partial charge in [-0.25, -0.2) is 9.97 Å². The Labute approximate surface area is 359 Å². The number of nitrogens with zero attached hydrogens (tertiary/aromatic N) is 4. The Balaban J connectivity index is 0.000000186. The lowest BCUT2D eigenvalue weighted by atomic mass is 9.99. The summed E-state index contributed by atoms with van der Waals surface area (Å²) in [6.45, 7) is 14.2. The summed E-state index contributed by atoms with van der Waals surface area (Å²) in [5.74, 6) is 4.06. The molecule has 2 aromatic carbocycles. The van der Waals surface area contributed by atoms with Crippen LogP contribution in [-0.2, 0) is 12.4 Å². The SMILES string of the molecule is C=C(C)COc1cc(C)ccc1OC1C[C@H]2CC[C@@H](C1)N2c1ccc(C(F)(F)F)cn1.CC(C)=COc1cc(C)ccc1OC1C[C@H]2CC[C@@H](C1)N2c1ccc(C(F)(F)F)cn1. The number of rotatable bonds is 11. The number of piperidine rings is 2. The second-order valence-corrected chi connectivity index (χ2v) is 17.3. The number of anilines is 2. The van der Waals surface area contributed by atoms with Crippen LogP contribution in [-0.4, -0.2) is 53.0 Å². The summed E-state index contributed by atoms with van der Waals surface area (Å²) in [6, 6.07) is 17.8. The lowest BCUT2D eigenvalue weighted by Gasteiger charge is -2.39. The fourth-order valence-electron chi connectivity index (χ4n) is 8.98. The smallest absolute Gasteiger partial charge is 0.417 e. The molecule has 4 saturated heterocycles. The van der Waals surface area contributed by atoms with Gasteiger partial charge in [-0.2, -0.15) is 26.3 Å². The third kappa shape index (κ3) is 10.8. The zero-order valence-corrected chi connectivity index (χ0v) is 35.7. The van der Waals surface area contributed by atoms with Crippen molar-refractivity contribution >= 4 is 11.6 Å². The van der Waals surface area contributed by atoms with Crippen LogP contribution < -0.4 is 28.7 Å². The topological polar surface area (TPSA) is 69.2 Å². The van der Waals surface area contributed by atoms with Crippen molar-refractivity contribution in [1.82, 2.24) is 9.97 Å². The van der Waals surface area contributed by atoms with Gasteiger partial charge in [0.2, 0.25) is 0 Å². The summed E-state index contributed by atoms with van der Waals surface area (Å²) in [6.07, 6.45) is 2.02. The van der Waals surface area contributed by atoms with Crippen LogP contribution >= 0.6 is 0 Å². The highest BCUT2D eigenvalue weighted by Crippen LogP contribution is 2.44. The molecule has 6 heterocycles. The molecule has 0 spiro atoms. The number of benzene rings is 2. The molecule has 62 heavy (non-hydrogen) atoms. The molecule has 8 nitrogen and oxygen atoms in total. The zero-order valence-electron chi connectivity index (χ0n) is 35.7. The predicted molar refractivity (Wildman–Crippen MR) is 227 cm³/mol. The van der Waals surface area contributed by atoms with E-state index in [-0.39, 0.29) is 36.4 Å². The Morgan fingerprint density at radius 3 is 1.42 bits per heavy atom. The Kier molecular flexibility index (Phi) is 13.3. The van der Waals surface area contributed by atoms with Crippen molar-refractivity contribution in [2.24, 2.45) is 0 Å². The summed E-state index contributed by atoms with van der Waals surface area (Å²) in [5.41, 5.74) is 2.74. The van der Waals surface area contributed by atoms with Crippen molar-refractivity contribution in [1.29, 1.82) is 0 Å². The second-order valence-electron chi connectivity index (χ2n) is 17.3. The van der Waals surface area contributed by atoms with E-state index < -0.39 is 23.5 Å². The molecule has 4 aliphatic heterocycles. The third-order valence-electron chi connectivity index (χ3n) is 11.7. The van der Waals surface area contributed by atoms with Crippen molar-refractivity contribution < 1.29 is 45.3 Å². The molecule has 0 radical (unpaired) electrons. The van der Waals surface area contributed by atoms with Gasteiger partial charge in [-0.15, -0.1) is 0 Å². The molecule has 332 valence electrons. The van der Waals surface area contributed by atoms with E-state index in [4.69, 9.17) is 18.9 Å². The van der Waals surface area contributed by atoms with E-state index in [0.717, 1.165) is 104 Å². The highest BCUT2D eigenvalue weighted by molar-refractivity contribution is 5.48. The summed E-state index contributed by atoms with van der Waals surface area (Å²) in [5, 5.41) is 0. The normalized spacial score (nSPS) is 23.0. The van der Waals surface area contributed by atoms with Gasteiger partial charge in [0.25, 0.3) is 0 Å². The van der Waals surface area contributed by atoms with E-state index in [9.17, 15) is 26.3 Å². The van der Waals surface area contributed by atoms with E-state index >= 15 is 0 Å². The molecule has 4 bridgehead atoms. The maximum absolute atomic E-state index is 12.9. The molecule has 0 saturated carbocycles. The van der Waals surface area contributed by atoms with Crippen molar-refractivity contribution in [3.05, 3.63) is 119 Å². The highest BCUT2D eigenvalue weighted by Gasteiger charge is 2.44. The van der Waals surface area contributed by atoms with Gasteiger partial charge in [-0.3, -0.25) is 0 Å². The molecule has 14 heteroatoms. The van der Waals surface area contributed by atoms with E-state index in [0.29, 0.717) is 35.5 Å². The lowest BCUT2D eigenvalue weighted by Crippen LogP contribution is -2.46. The van der Waals surface area contributed by atoms with Crippen molar-refractivity contribution in [2.45, 2.75) is 135 Å². The summed E-state index contributed by atoms with van der Waals surface area (Å²) in [4.78, 5) is 12.6. The molecule has 8 rings (SSSR count). The second kappa shape index (κ2) is 18.5. The van der Waals surface area contributed by atoms with Crippen molar-refractivity contribution in [3.8, 4) is 23.0 Å². The Morgan fingerprint density at radius 2 is 1.05 bits per heavy atom. The number of aromatic nitrogens is 2. The van der Waals surface area contributed by atoms with Gasteiger partial charge in [0, 0.05) is 62.2 Å². The van der Waals surface area contributed by atoms with Crippen LogP contribution in [0.4, 0.5) is 38.0 Å². The number of hydrogen-bond acceptors (Lipinski definition) is 8.